The van der Waals surface area contributed by atoms with Crippen molar-refractivity contribution >= 4 is 0 Å². The van der Waals surface area contributed by atoms with Gasteiger partial charge in [0.25, 0.3) is 0 Å². The lowest BCUT2D eigenvalue weighted by Gasteiger charge is -2.11. The van der Waals surface area contributed by atoms with E-state index in [1.54, 1.807) is 6.08 Å². The van der Waals surface area contributed by atoms with E-state index in [4.69, 9.17) is 10.8 Å². The van der Waals surface area contributed by atoms with E-state index in [1.807, 2.05) is 6.08 Å². The molecule has 0 heterocycles. The smallest absolute Gasteiger partial charge is 0.0894 e. The summed E-state index contributed by atoms with van der Waals surface area (Å²) in [6.45, 7) is 6.55. The van der Waals surface area contributed by atoms with Crippen molar-refractivity contribution in [2.24, 2.45) is 5.73 Å². The van der Waals surface area contributed by atoms with Gasteiger partial charge in [-0.25, -0.2) is 0 Å². The molecule has 0 aromatic carbocycles. The second-order valence-electron chi connectivity index (χ2n) is 7.80. The molecule has 4 N–H and O–H groups in total. The van der Waals surface area contributed by atoms with Crippen LogP contribution in [0.1, 0.15) is 124 Å². The van der Waals surface area contributed by atoms with Gasteiger partial charge >= 0.3 is 0 Å². The second-order valence-corrected chi connectivity index (χ2v) is 7.80. The van der Waals surface area contributed by atoms with Crippen LogP contribution in [-0.2, 0) is 0 Å². The Bertz CT molecular complexity index is 278. The molecule has 0 fully saturated rings. The Labute approximate surface area is 170 Å². The molecule has 0 unspecified atom stereocenters. The molecule has 2 atom stereocenters. The third kappa shape index (κ3) is 25.6. The van der Waals surface area contributed by atoms with Crippen molar-refractivity contribution in [1.29, 1.82) is 0 Å². The minimum Gasteiger partial charge on any atom is -0.395 e. The molecule has 0 aliphatic carbocycles. The zero-order valence-corrected chi connectivity index (χ0v) is 18.8. The van der Waals surface area contributed by atoms with Crippen molar-refractivity contribution in [2.45, 2.75) is 136 Å². The van der Waals surface area contributed by atoms with E-state index in [9.17, 15) is 5.11 Å². The second kappa shape index (κ2) is 25.6. The number of rotatable bonds is 18. The molecule has 0 aromatic rings. The molecule has 27 heavy (non-hydrogen) atoms. The first-order chi connectivity index (χ1) is 13.1. The first-order valence-corrected chi connectivity index (χ1v) is 11.8. The van der Waals surface area contributed by atoms with E-state index in [2.05, 4.69) is 20.8 Å². The van der Waals surface area contributed by atoms with Crippen molar-refractivity contribution in [1.82, 2.24) is 0 Å². The predicted octanol–water partition coefficient (Wildman–Crippen LogP) is 6.51. The van der Waals surface area contributed by atoms with Crippen LogP contribution in [0.25, 0.3) is 0 Å². The molecule has 0 rings (SSSR count). The van der Waals surface area contributed by atoms with Gasteiger partial charge in [0.2, 0.25) is 0 Å². The minimum absolute atomic E-state index is 0.177. The molecule has 164 valence electrons. The van der Waals surface area contributed by atoms with Crippen LogP contribution in [0.2, 0.25) is 0 Å². The van der Waals surface area contributed by atoms with Gasteiger partial charge in [0, 0.05) is 0 Å². The molecule has 0 aliphatic heterocycles. The zero-order valence-electron chi connectivity index (χ0n) is 18.8. The van der Waals surface area contributed by atoms with Crippen LogP contribution in [-0.4, -0.2) is 29.0 Å². The molecule has 3 nitrogen and oxygen atoms in total. The Morgan fingerprint density at radius 1 is 0.667 bits per heavy atom. The van der Waals surface area contributed by atoms with Gasteiger partial charge in [0.15, 0.2) is 0 Å². The average molecular weight is 386 g/mol. The molecular weight excluding hydrogens is 334 g/mol. The lowest BCUT2D eigenvalue weighted by molar-refractivity contribution is 0.144. The maximum Gasteiger partial charge on any atom is 0.0894 e. The molecule has 0 amide bonds. The highest BCUT2D eigenvalue weighted by Crippen LogP contribution is 2.12. The molecule has 3 heteroatoms. The lowest BCUT2D eigenvalue weighted by atomic mass is 10.0. The van der Waals surface area contributed by atoms with Crippen LogP contribution in [0.4, 0.5) is 0 Å². The van der Waals surface area contributed by atoms with Gasteiger partial charge in [0.05, 0.1) is 18.8 Å². The number of hydrogen-bond donors (Lipinski definition) is 3. The lowest BCUT2D eigenvalue weighted by Crippen LogP contribution is -2.36. The van der Waals surface area contributed by atoms with Crippen molar-refractivity contribution < 1.29 is 10.2 Å². The Kier molecular flexibility index (Phi) is 27.4. The average Bonchev–Trinajstić information content (AvgIpc) is 2.69. The number of aliphatic hydroxyl groups is 2. The summed E-state index contributed by atoms with van der Waals surface area (Å²) in [4.78, 5) is 0. The van der Waals surface area contributed by atoms with Gasteiger partial charge in [-0.05, 0) is 12.8 Å². The maximum atomic E-state index is 9.52. The number of allylic oxidation sites excluding steroid dienone is 1. The summed E-state index contributed by atoms with van der Waals surface area (Å²) in [5.74, 6) is 0. The summed E-state index contributed by atoms with van der Waals surface area (Å²) in [5, 5.41) is 18.3. The Morgan fingerprint density at radius 3 is 1.44 bits per heavy atom. The van der Waals surface area contributed by atoms with Crippen LogP contribution in [0.3, 0.4) is 0 Å². The summed E-state index contributed by atoms with van der Waals surface area (Å²) in [6.07, 6.45) is 24.4. The van der Waals surface area contributed by atoms with Crippen LogP contribution >= 0.6 is 0 Å². The third-order valence-corrected chi connectivity index (χ3v) is 4.91. The highest BCUT2D eigenvalue weighted by atomic mass is 16.3. The molecule has 0 spiro atoms. The highest BCUT2D eigenvalue weighted by molar-refractivity contribution is 4.93. The fourth-order valence-electron chi connectivity index (χ4n) is 2.91. The van der Waals surface area contributed by atoms with Crippen molar-refractivity contribution in [2.75, 3.05) is 6.61 Å². The molecule has 0 saturated heterocycles. The molecular formula is C24H51NO2. The van der Waals surface area contributed by atoms with E-state index < -0.39 is 12.1 Å². The first kappa shape index (κ1) is 28.8. The van der Waals surface area contributed by atoms with E-state index >= 15 is 0 Å². The maximum absolute atomic E-state index is 9.52. The van der Waals surface area contributed by atoms with Gasteiger partial charge in [0.1, 0.15) is 0 Å². The molecule has 0 radical (unpaired) electrons. The summed E-state index contributed by atoms with van der Waals surface area (Å²) in [5.41, 5.74) is 5.51. The Morgan fingerprint density at radius 2 is 1.04 bits per heavy atom. The topological polar surface area (TPSA) is 66.5 Å². The zero-order chi connectivity index (χ0) is 20.6. The monoisotopic (exact) mass is 385 g/mol. The summed E-state index contributed by atoms with van der Waals surface area (Å²) >= 11 is 0. The third-order valence-electron chi connectivity index (χ3n) is 4.91. The summed E-state index contributed by atoms with van der Waals surface area (Å²) < 4.78 is 0. The van der Waals surface area contributed by atoms with Gasteiger partial charge in [-0.2, -0.15) is 0 Å². The summed E-state index contributed by atoms with van der Waals surface area (Å²) in [6, 6.07) is -0.557. The van der Waals surface area contributed by atoms with Crippen LogP contribution in [0, 0.1) is 0 Å². The molecule has 0 aromatic heterocycles. The van der Waals surface area contributed by atoms with E-state index in [-0.39, 0.29) is 6.61 Å². The van der Waals surface area contributed by atoms with Crippen LogP contribution in [0.5, 0.6) is 0 Å². The van der Waals surface area contributed by atoms with Gasteiger partial charge in [-0.15, -0.1) is 0 Å². The Hall–Kier alpha value is -0.380. The molecule has 0 bridgehead atoms. The number of unbranched alkanes of at least 4 members (excludes halogenated alkanes) is 14. The van der Waals surface area contributed by atoms with Gasteiger partial charge < -0.3 is 15.9 Å². The van der Waals surface area contributed by atoms with Gasteiger partial charge in [-0.1, -0.05) is 123 Å². The van der Waals surface area contributed by atoms with Crippen molar-refractivity contribution in [3.05, 3.63) is 12.2 Å². The largest absolute Gasteiger partial charge is 0.395 e. The fourth-order valence-corrected chi connectivity index (χ4v) is 2.91. The fraction of sp³-hybridized carbons (Fsp3) is 0.917. The Balaban J connectivity index is 0. The van der Waals surface area contributed by atoms with Crippen molar-refractivity contribution in [3.63, 3.8) is 0 Å². The molecule has 0 saturated carbocycles. The first-order valence-electron chi connectivity index (χ1n) is 11.8. The minimum atomic E-state index is -0.720. The SMILES string of the molecule is CCCCCC.CCCCCCCCCCCCC/C=C/[C@@H](O)[C@@H](N)CO. The predicted molar refractivity (Wildman–Crippen MR) is 121 cm³/mol. The van der Waals surface area contributed by atoms with Gasteiger partial charge in [-0.3, -0.25) is 0 Å². The van der Waals surface area contributed by atoms with Crippen molar-refractivity contribution in [3.8, 4) is 0 Å². The molecule has 0 aliphatic rings. The number of nitrogens with two attached hydrogens (primary N) is 1. The van der Waals surface area contributed by atoms with E-state index in [0.29, 0.717) is 0 Å². The number of hydrogen-bond acceptors (Lipinski definition) is 3. The van der Waals surface area contributed by atoms with E-state index in [0.717, 1.165) is 6.42 Å². The standard InChI is InChI=1S/C18H37NO2.C6H14/c1-2-3-4-5-6-7-8-9-10-11-12-13-14-15-18(21)17(19)16-20;1-3-5-6-4-2/h14-15,17-18,20-21H,2-13,16,19H2,1H3;3-6H2,1-2H3/b15-14+;/t17-,18+;/m0./s1. The van der Waals surface area contributed by atoms with Crippen LogP contribution < -0.4 is 5.73 Å². The number of aliphatic hydroxyl groups excluding tert-OH is 2. The quantitative estimate of drug-likeness (QED) is 0.186. The van der Waals surface area contributed by atoms with Crippen LogP contribution in [0.15, 0.2) is 12.2 Å². The summed E-state index contributed by atoms with van der Waals surface area (Å²) in [7, 11) is 0. The normalized spacial score (nSPS) is 13.4. The highest BCUT2D eigenvalue weighted by Gasteiger charge is 2.08. The van der Waals surface area contributed by atoms with E-state index in [1.165, 1.54) is 96.3 Å².